The fourth-order valence-corrected chi connectivity index (χ4v) is 3.24. The fraction of sp³-hybridized carbons (Fsp3) is 0.263. The SMILES string of the molecule is O=C(c1cccnc1)N1CCCC(c2nc(-c3ccc(F)cc3)n[nH]2)C1. The Labute approximate surface area is 150 Å². The Bertz CT molecular complexity index is 894. The van der Waals surface area contributed by atoms with Crippen LogP contribution < -0.4 is 0 Å². The number of carbonyl (C=O) groups excluding carboxylic acids is 1. The van der Waals surface area contributed by atoms with Gasteiger partial charge in [-0.25, -0.2) is 9.37 Å². The highest BCUT2D eigenvalue weighted by Gasteiger charge is 2.27. The Hall–Kier alpha value is -3.09. The number of aromatic nitrogens is 4. The molecule has 7 heteroatoms. The molecule has 132 valence electrons. The highest BCUT2D eigenvalue weighted by Crippen LogP contribution is 2.27. The van der Waals surface area contributed by atoms with Gasteiger partial charge in [0.25, 0.3) is 5.91 Å². The molecule has 1 fully saturated rings. The predicted octanol–water partition coefficient (Wildman–Crippen LogP) is 3.03. The number of nitrogens with zero attached hydrogens (tertiary/aromatic N) is 4. The summed E-state index contributed by atoms with van der Waals surface area (Å²) < 4.78 is 13.1. The maximum absolute atomic E-state index is 13.1. The Balaban J connectivity index is 1.50. The van der Waals surface area contributed by atoms with Crippen molar-refractivity contribution in [2.45, 2.75) is 18.8 Å². The number of hydrogen-bond acceptors (Lipinski definition) is 4. The Morgan fingerprint density at radius 3 is 2.85 bits per heavy atom. The van der Waals surface area contributed by atoms with Gasteiger partial charge in [0.2, 0.25) is 0 Å². The highest BCUT2D eigenvalue weighted by atomic mass is 19.1. The minimum Gasteiger partial charge on any atom is -0.338 e. The normalized spacial score (nSPS) is 17.3. The minimum atomic E-state index is -0.290. The van der Waals surface area contributed by atoms with Crippen LogP contribution in [0.5, 0.6) is 0 Å². The second-order valence-corrected chi connectivity index (χ2v) is 6.38. The summed E-state index contributed by atoms with van der Waals surface area (Å²) in [6.45, 7) is 1.31. The van der Waals surface area contributed by atoms with E-state index in [1.165, 1.54) is 12.1 Å². The monoisotopic (exact) mass is 351 g/mol. The molecule has 1 N–H and O–H groups in total. The average Bonchev–Trinajstić information content (AvgIpc) is 3.19. The number of benzene rings is 1. The van der Waals surface area contributed by atoms with Crippen molar-refractivity contribution >= 4 is 5.91 Å². The van der Waals surface area contributed by atoms with Gasteiger partial charge in [-0.15, -0.1) is 0 Å². The predicted molar refractivity (Wildman–Crippen MR) is 93.9 cm³/mol. The first-order chi connectivity index (χ1) is 12.7. The second kappa shape index (κ2) is 7.03. The number of likely N-dealkylation sites (tertiary alicyclic amines) is 1. The molecule has 1 atom stereocenters. The summed E-state index contributed by atoms with van der Waals surface area (Å²) in [6.07, 6.45) is 5.09. The highest BCUT2D eigenvalue weighted by molar-refractivity contribution is 5.94. The van der Waals surface area contributed by atoms with Gasteiger partial charge in [-0.1, -0.05) is 0 Å². The molecule has 1 aromatic carbocycles. The third-order valence-corrected chi connectivity index (χ3v) is 4.61. The Morgan fingerprint density at radius 2 is 2.08 bits per heavy atom. The van der Waals surface area contributed by atoms with Gasteiger partial charge in [-0.05, 0) is 49.2 Å². The van der Waals surface area contributed by atoms with Gasteiger partial charge in [0.15, 0.2) is 5.82 Å². The van der Waals surface area contributed by atoms with Crippen LogP contribution in [0.3, 0.4) is 0 Å². The first-order valence-electron chi connectivity index (χ1n) is 8.58. The van der Waals surface area contributed by atoms with E-state index >= 15 is 0 Å². The van der Waals surface area contributed by atoms with Crippen molar-refractivity contribution in [1.82, 2.24) is 25.1 Å². The zero-order valence-corrected chi connectivity index (χ0v) is 14.1. The third kappa shape index (κ3) is 3.33. The van der Waals surface area contributed by atoms with Crippen LogP contribution >= 0.6 is 0 Å². The quantitative estimate of drug-likeness (QED) is 0.787. The molecule has 1 saturated heterocycles. The maximum atomic E-state index is 13.1. The van der Waals surface area contributed by atoms with Crippen LogP contribution in [0.1, 0.15) is 34.9 Å². The van der Waals surface area contributed by atoms with E-state index in [0.29, 0.717) is 17.9 Å². The first-order valence-corrected chi connectivity index (χ1v) is 8.58. The van der Waals surface area contributed by atoms with Gasteiger partial charge in [-0.2, -0.15) is 5.10 Å². The summed E-state index contributed by atoms with van der Waals surface area (Å²) in [5, 5.41) is 7.23. The molecule has 0 aliphatic carbocycles. The van der Waals surface area contributed by atoms with Crippen LogP contribution in [-0.2, 0) is 0 Å². The van der Waals surface area contributed by atoms with Crippen molar-refractivity contribution in [3.63, 3.8) is 0 Å². The standard InChI is InChI=1S/C19H18FN5O/c20-16-7-5-13(6-8-16)17-22-18(24-23-17)15-4-2-10-25(12-15)19(26)14-3-1-9-21-11-14/h1,3,5-9,11,15H,2,4,10,12H2,(H,22,23,24). The van der Waals surface area contributed by atoms with Crippen LogP contribution in [-0.4, -0.2) is 44.1 Å². The topological polar surface area (TPSA) is 74.8 Å². The van der Waals surface area contributed by atoms with Crippen LogP contribution in [0.2, 0.25) is 0 Å². The molecular weight excluding hydrogens is 333 g/mol. The van der Waals surface area contributed by atoms with Crippen LogP contribution in [0.4, 0.5) is 4.39 Å². The lowest BCUT2D eigenvalue weighted by molar-refractivity contribution is 0.0704. The van der Waals surface area contributed by atoms with Crippen molar-refractivity contribution in [3.05, 3.63) is 66.0 Å². The van der Waals surface area contributed by atoms with Crippen LogP contribution in [0.15, 0.2) is 48.8 Å². The molecule has 2 aromatic heterocycles. The minimum absolute atomic E-state index is 0.0129. The van der Waals surface area contributed by atoms with Gasteiger partial charge >= 0.3 is 0 Å². The largest absolute Gasteiger partial charge is 0.338 e. The Morgan fingerprint density at radius 1 is 1.23 bits per heavy atom. The summed E-state index contributed by atoms with van der Waals surface area (Å²) in [7, 11) is 0. The van der Waals surface area contributed by atoms with E-state index in [1.54, 1.807) is 36.7 Å². The van der Waals surface area contributed by atoms with Crippen molar-refractivity contribution < 1.29 is 9.18 Å². The van der Waals surface area contributed by atoms with Crippen LogP contribution in [0, 0.1) is 5.82 Å². The molecule has 0 saturated carbocycles. The van der Waals surface area contributed by atoms with Gasteiger partial charge < -0.3 is 4.90 Å². The summed E-state index contributed by atoms with van der Waals surface area (Å²) >= 11 is 0. The maximum Gasteiger partial charge on any atom is 0.255 e. The number of piperidine rings is 1. The summed E-state index contributed by atoms with van der Waals surface area (Å²) in [5.74, 6) is 1.09. The van der Waals surface area contributed by atoms with Crippen LogP contribution in [0.25, 0.3) is 11.4 Å². The van der Waals surface area contributed by atoms with Gasteiger partial charge in [-0.3, -0.25) is 14.9 Å². The van der Waals surface area contributed by atoms with Gasteiger partial charge in [0, 0.05) is 37.0 Å². The third-order valence-electron chi connectivity index (χ3n) is 4.61. The van der Waals surface area contributed by atoms with E-state index in [2.05, 4.69) is 20.2 Å². The molecule has 1 amide bonds. The van der Waals surface area contributed by atoms with Crippen molar-refractivity contribution in [2.75, 3.05) is 13.1 Å². The van der Waals surface area contributed by atoms with E-state index in [1.807, 2.05) is 4.90 Å². The molecule has 0 radical (unpaired) electrons. The van der Waals surface area contributed by atoms with Gasteiger partial charge in [0.05, 0.1) is 5.56 Å². The lowest BCUT2D eigenvalue weighted by Crippen LogP contribution is -2.39. The average molecular weight is 351 g/mol. The first kappa shape index (κ1) is 16.4. The molecule has 26 heavy (non-hydrogen) atoms. The molecule has 3 aromatic rings. The number of H-pyrrole nitrogens is 1. The molecular formula is C19H18FN5O. The number of hydrogen-bond donors (Lipinski definition) is 1. The zero-order chi connectivity index (χ0) is 17.9. The van der Waals surface area contributed by atoms with Crippen molar-refractivity contribution in [1.29, 1.82) is 0 Å². The van der Waals surface area contributed by atoms with Gasteiger partial charge in [0.1, 0.15) is 11.6 Å². The Kier molecular flexibility index (Phi) is 4.43. The van der Waals surface area contributed by atoms with E-state index in [9.17, 15) is 9.18 Å². The lowest BCUT2D eigenvalue weighted by atomic mass is 9.97. The second-order valence-electron chi connectivity index (χ2n) is 6.38. The summed E-state index contributed by atoms with van der Waals surface area (Å²) in [4.78, 5) is 23.1. The number of rotatable bonds is 3. The summed E-state index contributed by atoms with van der Waals surface area (Å²) in [6, 6.07) is 9.63. The molecule has 6 nitrogen and oxygen atoms in total. The summed E-state index contributed by atoms with van der Waals surface area (Å²) in [5.41, 5.74) is 1.35. The van der Waals surface area contributed by atoms with E-state index in [4.69, 9.17) is 0 Å². The molecule has 0 spiro atoms. The molecule has 1 unspecified atom stereocenters. The molecule has 3 heterocycles. The number of amides is 1. The van der Waals surface area contributed by atoms with Crippen molar-refractivity contribution in [3.8, 4) is 11.4 Å². The molecule has 4 rings (SSSR count). The molecule has 1 aliphatic heterocycles. The van der Waals surface area contributed by atoms with E-state index in [0.717, 1.165) is 30.8 Å². The molecule has 0 bridgehead atoms. The smallest absolute Gasteiger partial charge is 0.255 e. The number of aromatic amines is 1. The number of halogens is 1. The van der Waals surface area contributed by atoms with Crippen molar-refractivity contribution in [2.24, 2.45) is 0 Å². The number of nitrogens with one attached hydrogen (secondary N) is 1. The molecule has 1 aliphatic rings. The van der Waals surface area contributed by atoms with E-state index in [-0.39, 0.29) is 17.6 Å². The number of pyridine rings is 1. The number of carbonyl (C=O) groups is 1. The fourth-order valence-electron chi connectivity index (χ4n) is 3.24. The van der Waals surface area contributed by atoms with E-state index < -0.39 is 0 Å². The lowest BCUT2D eigenvalue weighted by Gasteiger charge is -2.31. The zero-order valence-electron chi connectivity index (χ0n) is 14.1.